The van der Waals surface area contributed by atoms with Gasteiger partial charge in [0.25, 0.3) is 11.6 Å². The van der Waals surface area contributed by atoms with Gasteiger partial charge in [-0.1, -0.05) is 30.1 Å². The molecule has 1 saturated heterocycles. The van der Waals surface area contributed by atoms with Crippen LogP contribution in [0.25, 0.3) is 6.08 Å². The molecule has 1 heterocycles. The van der Waals surface area contributed by atoms with Crippen LogP contribution in [0, 0.1) is 10.1 Å². The number of benzene rings is 2. The second-order valence-electron chi connectivity index (χ2n) is 6.43. The van der Waals surface area contributed by atoms with E-state index < -0.39 is 4.92 Å². The molecule has 2 aromatic rings. The minimum Gasteiger partial charge on any atom is -0.493 e. The minimum absolute atomic E-state index is 0.0545. The van der Waals surface area contributed by atoms with Crippen LogP contribution in [0.15, 0.2) is 54.0 Å². The summed E-state index contributed by atoms with van der Waals surface area (Å²) in [6, 6.07) is 9.44. The smallest absolute Gasteiger partial charge is 0.270 e. The van der Waals surface area contributed by atoms with E-state index in [0.29, 0.717) is 39.4 Å². The molecule has 9 heteroatoms. The first-order valence-corrected chi connectivity index (χ1v) is 10.6. The normalized spacial score (nSPS) is 14.8. The van der Waals surface area contributed by atoms with Crippen molar-refractivity contribution in [3.8, 4) is 11.5 Å². The third kappa shape index (κ3) is 4.78. The number of anilines is 1. The first-order valence-electron chi connectivity index (χ1n) is 9.36. The van der Waals surface area contributed by atoms with E-state index >= 15 is 0 Å². The molecule has 0 atom stereocenters. The van der Waals surface area contributed by atoms with Crippen LogP contribution < -0.4 is 14.4 Å². The van der Waals surface area contributed by atoms with Crippen LogP contribution in [0.5, 0.6) is 11.5 Å². The number of rotatable bonds is 8. The molecule has 0 N–H and O–H groups in total. The highest BCUT2D eigenvalue weighted by atomic mass is 32.2. The number of amides is 1. The highest BCUT2D eigenvalue weighted by molar-refractivity contribution is 8.27. The molecule has 3 rings (SSSR count). The lowest BCUT2D eigenvalue weighted by Crippen LogP contribution is -2.27. The van der Waals surface area contributed by atoms with E-state index in [-0.39, 0.29) is 11.6 Å². The lowest BCUT2D eigenvalue weighted by Gasteiger charge is -2.15. The minimum atomic E-state index is -0.492. The number of thioether (sulfide) groups is 1. The van der Waals surface area contributed by atoms with Gasteiger partial charge in [0.2, 0.25) is 0 Å². The van der Waals surface area contributed by atoms with Gasteiger partial charge in [-0.3, -0.25) is 19.8 Å². The fourth-order valence-electron chi connectivity index (χ4n) is 3.13. The van der Waals surface area contributed by atoms with Crippen LogP contribution in [0.1, 0.15) is 18.1 Å². The summed E-state index contributed by atoms with van der Waals surface area (Å²) in [5.41, 5.74) is 2.08. The molecule has 1 fully saturated rings. The molecule has 1 aliphatic heterocycles. The fraction of sp³-hybridized carbons (Fsp3) is 0.182. The maximum absolute atomic E-state index is 13.0. The predicted molar refractivity (Wildman–Crippen MR) is 127 cm³/mol. The van der Waals surface area contributed by atoms with E-state index in [0.717, 1.165) is 11.1 Å². The maximum atomic E-state index is 13.0. The summed E-state index contributed by atoms with van der Waals surface area (Å²) in [4.78, 5) is 25.2. The Bertz CT molecular complexity index is 1080. The van der Waals surface area contributed by atoms with Crippen molar-refractivity contribution in [1.82, 2.24) is 0 Å². The van der Waals surface area contributed by atoms with Crippen LogP contribution in [0.2, 0.25) is 0 Å². The number of non-ortho nitro benzene ring substituents is 1. The summed E-state index contributed by atoms with van der Waals surface area (Å²) < 4.78 is 11.6. The van der Waals surface area contributed by atoms with Crippen molar-refractivity contribution in [2.45, 2.75) is 13.3 Å². The van der Waals surface area contributed by atoms with Gasteiger partial charge < -0.3 is 9.47 Å². The second kappa shape index (κ2) is 9.76. The quantitative estimate of drug-likeness (QED) is 0.179. The number of ether oxygens (including phenoxy) is 2. The average molecular weight is 457 g/mol. The van der Waals surface area contributed by atoms with Crippen molar-refractivity contribution in [1.29, 1.82) is 0 Å². The molecule has 0 radical (unpaired) electrons. The van der Waals surface area contributed by atoms with Gasteiger partial charge in [0.15, 0.2) is 15.8 Å². The summed E-state index contributed by atoms with van der Waals surface area (Å²) in [6.45, 7) is 6.14. The molecule has 0 bridgehead atoms. The number of hydrogen-bond acceptors (Lipinski definition) is 7. The number of hydrogen-bond donors (Lipinski definition) is 0. The Morgan fingerprint density at radius 1 is 1.29 bits per heavy atom. The van der Waals surface area contributed by atoms with Gasteiger partial charge in [0.1, 0.15) is 0 Å². The number of carbonyl (C=O) groups excluding carboxylic acids is 1. The SMILES string of the molecule is C=CCc1cc(/C=C2\SC(=S)N(c3ccc([N+](=O)[O-])cc3)C2=O)cc(OCC)c1OC. The Balaban J connectivity index is 1.96. The second-order valence-corrected chi connectivity index (χ2v) is 8.10. The molecule has 1 aliphatic rings. The topological polar surface area (TPSA) is 81.9 Å². The van der Waals surface area contributed by atoms with E-state index in [1.54, 1.807) is 19.3 Å². The van der Waals surface area contributed by atoms with Crippen LogP contribution in [-0.4, -0.2) is 28.9 Å². The lowest BCUT2D eigenvalue weighted by molar-refractivity contribution is -0.384. The Morgan fingerprint density at radius 3 is 2.58 bits per heavy atom. The first-order chi connectivity index (χ1) is 14.9. The first kappa shape index (κ1) is 22.5. The number of methoxy groups -OCH3 is 1. The van der Waals surface area contributed by atoms with Gasteiger partial charge in [-0.05, 0) is 49.2 Å². The number of nitro benzene ring substituents is 1. The van der Waals surface area contributed by atoms with Gasteiger partial charge in [0, 0.05) is 17.7 Å². The van der Waals surface area contributed by atoms with Crippen LogP contribution in [-0.2, 0) is 11.2 Å². The van der Waals surface area contributed by atoms with Crippen LogP contribution in [0.3, 0.4) is 0 Å². The molecule has 1 amide bonds. The third-order valence-electron chi connectivity index (χ3n) is 4.43. The summed E-state index contributed by atoms with van der Waals surface area (Å²) in [5, 5.41) is 10.9. The van der Waals surface area contributed by atoms with Crippen LogP contribution in [0.4, 0.5) is 11.4 Å². The number of nitro groups is 1. The Morgan fingerprint density at radius 2 is 2.00 bits per heavy atom. The molecule has 0 spiro atoms. The summed E-state index contributed by atoms with van der Waals surface area (Å²) in [5.74, 6) is 0.932. The van der Waals surface area contributed by atoms with Gasteiger partial charge >= 0.3 is 0 Å². The van der Waals surface area contributed by atoms with Gasteiger partial charge in [-0.15, -0.1) is 6.58 Å². The summed E-state index contributed by atoms with van der Waals surface area (Å²) >= 11 is 6.56. The molecule has 2 aromatic carbocycles. The molecule has 0 aliphatic carbocycles. The van der Waals surface area contributed by atoms with E-state index in [4.69, 9.17) is 21.7 Å². The van der Waals surface area contributed by atoms with E-state index in [1.807, 2.05) is 19.1 Å². The standard InChI is InChI=1S/C22H20N2O5S2/c1-4-6-15-11-14(12-18(29-5-2)20(15)28-3)13-19-21(25)23(22(30)31-19)16-7-9-17(10-8-16)24(26)27/h4,7-13H,1,5-6H2,2-3H3/b19-13-. The summed E-state index contributed by atoms with van der Waals surface area (Å²) in [7, 11) is 1.58. The molecule has 0 saturated carbocycles. The molecular formula is C22H20N2O5S2. The Hall–Kier alpha value is -3.17. The van der Waals surface area contributed by atoms with E-state index in [2.05, 4.69) is 6.58 Å². The lowest BCUT2D eigenvalue weighted by atomic mass is 10.0. The Kier molecular flexibility index (Phi) is 7.09. The molecule has 160 valence electrons. The zero-order chi connectivity index (χ0) is 22.5. The van der Waals surface area contributed by atoms with E-state index in [9.17, 15) is 14.9 Å². The predicted octanol–water partition coefficient (Wildman–Crippen LogP) is 5.14. The maximum Gasteiger partial charge on any atom is 0.270 e. The van der Waals surface area contributed by atoms with Crippen molar-refractivity contribution in [3.63, 3.8) is 0 Å². The number of carbonyl (C=O) groups is 1. The number of nitrogens with zero attached hydrogens (tertiary/aromatic N) is 2. The average Bonchev–Trinajstić information content (AvgIpc) is 3.01. The van der Waals surface area contributed by atoms with Crippen molar-refractivity contribution in [3.05, 3.63) is 75.2 Å². The van der Waals surface area contributed by atoms with Gasteiger partial charge in [0.05, 0.1) is 29.2 Å². The van der Waals surface area contributed by atoms with Gasteiger partial charge in [-0.2, -0.15) is 0 Å². The third-order valence-corrected chi connectivity index (χ3v) is 5.73. The molecular weight excluding hydrogens is 436 g/mol. The molecule has 31 heavy (non-hydrogen) atoms. The number of thiocarbonyl (C=S) groups is 1. The van der Waals surface area contributed by atoms with Gasteiger partial charge in [-0.25, -0.2) is 0 Å². The van der Waals surface area contributed by atoms with Crippen molar-refractivity contribution < 1.29 is 19.2 Å². The molecule has 7 nitrogen and oxygen atoms in total. The largest absolute Gasteiger partial charge is 0.493 e. The zero-order valence-corrected chi connectivity index (χ0v) is 18.6. The highest BCUT2D eigenvalue weighted by Gasteiger charge is 2.33. The summed E-state index contributed by atoms with van der Waals surface area (Å²) in [6.07, 6.45) is 4.10. The van der Waals surface area contributed by atoms with E-state index in [1.165, 1.54) is 40.9 Å². The van der Waals surface area contributed by atoms with Crippen molar-refractivity contribution in [2.75, 3.05) is 18.6 Å². The van der Waals surface area contributed by atoms with Crippen molar-refractivity contribution >= 4 is 51.7 Å². The monoisotopic (exact) mass is 456 g/mol. The molecule has 0 aromatic heterocycles. The molecule has 0 unspecified atom stereocenters. The highest BCUT2D eigenvalue weighted by Crippen LogP contribution is 2.39. The Labute approximate surface area is 189 Å². The fourth-order valence-corrected chi connectivity index (χ4v) is 4.43. The number of allylic oxidation sites excluding steroid dienone is 1. The zero-order valence-electron chi connectivity index (χ0n) is 17.0. The van der Waals surface area contributed by atoms with Crippen LogP contribution >= 0.6 is 24.0 Å². The van der Waals surface area contributed by atoms with Crippen molar-refractivity contribution in [2.24, 2.45) is 0 Å².